The number of hydrogen-bond donors (Lipinski definition) is 0. The van der Waals surface area contributed by atoms with Gasteiger partial charge in [0.1, 0.15) is 5.75 Å². The van der Waals surface area contributed by atoms with Crippen LogP contribution in [0.3, 0.4) is 0 Å². The third-order valence-electron chi connectivity index (χ3n) is 5.22. The van der Waals surface area contributed by atoms with Gasteiger partial charge in [0.15, 0.2) is 0 Å². The number of ether oxygens (including phenoxy) is 2. The molecule has 2 heterocycles. The number of benzene rings is 3. The minimum atomic E-state index is -0.565. The molecule has 1 aromatic heterocycles. The predicted molar refractivity (Wildman–Crippen MR) is 119 cm³/mol. The van der Waals surface area contributed by atoms with Crippen LogP contribution in [0, 0.1) is 0 Å². The van der Waals surface area contributed by atoms with Gasteiger partial charge in [-0.2, -0.15) is 0 Å². The first kappa shape index (κ1) is 19.0. The summed E-state index contributed by atoms with van der Waals surface area (Å²) < 4.78 is 13.8. The molecule has 1 aliphatic heterocycles. The van der Waals surface area contributed by atoms with Crippen LogP contribution in [0.1, 0.15) is 29.1 Å². The van der Waals surface area contributed by atoms with Gasteiger partial charge in [-0.25, -0.2) is 4.79 Å². The number of carbonyl (C=O) groups excluding carboxylic acids is 1. The van der Waals surface area contributed by atoms with Gasteiger partial charge in [0.05, 0.1) is 23.4 Å². The van der Waals surface area contributed by atoms with Crippen LogP contribution >= 0.6 is 23.2 Å². The number of carbonyl (C=O) groups is 1. The van der Waals surface area contributed by atoms with Gasteiger partial charge >= 0.3 is 5.97 Å². The lowest BCUT2D eigenvalue weighted by Gasteiger charge is -2.31. The topological polar surface area (TPSA) is 40.5 Å². The molecule has 0 aliphatic carbocycles. The van der Waals surface area contributed by atoms with Gasteiger partial charge in [0.25, 0.3) is 0 Å². The maximum atomic E-state index is 12.6. The van der Waals surface area contributed by atoms with E-state index >= 15 is 0 Å². The minimum absolute atomic E-state index is 0.299. The average molecular weight is 438 g/mol. The Morgan fingerprint density at radius 1 is 1.03 bits per heavy atom. The SMILES string of the molecule is CCOC(=O)c1ccccc1[C@@H]1Oc2cc(Cl)ccc2-c2cc3cc(Cl)ccc3n21. The molecule has 0 bridgehead atoms. The Morgan fingerprint density at radius 3 is 2.63 bits per heavy atom. The van der Waals surface area contributed by atoms with Crippen LogP contribution in [0.15, 0.2) is 66.7 Å². The van der Waals surface area contributed by atoms with Crippen molar-refractivity contribution in [3.8, 4) is 17.0 Å². The molecule has 0 spiro atoms. The summed E-state index contributed by atoms with van der Waals surface area (Å²) in [6, 6.07) is 20.7. The molecule has 0 amide bonds. The van der Waals surface area contributed by atoms with Gasteiger partial charge in [0.2, 0.25) is 6.23 Å². The third kappa shape index (κ3) is 3.04. The molecule has 0 radical (unpaired) electrons. The largest absolute Gasteiger partial charge is 0.465 e. The highest BCUT2D eigenvalue weighted by Gasteiger charge is 2.31. The Labute approximate surface area is 183 Å². The number of fused-ring (bicyclic) bond motifs is 5. The molecule has 6 heteroatoms. The van der Waals surface area contributed by atoms with Gasteiger partial charge in [-0.15, -0.1) is 0 Å². The maximum absolute atomic E-state index is 12.6. The minimum Gasteiger partial charge on any atom is -0.465 e. The Morgan fingerprint density at radius 2 is 1.80 bits per heavy atom. The molecule has 4 aromatic rings. The highest BCUT2D eigenvalue weighted by molar-refractivity contribution is 6.31. The lowest BCUT2D eigenvalue weighted by molar-refractivity contribution is 0.0519. The quantitative estimate of drug-likeness (QED) is 0.333. The van der Waals surface area contributed by atoms with E-state index in [1.54, 1.807) is 19.1 Å². The number of aromatic nitrogens is 1. The van der Waals surface area contributed by atoms with Crippen LogP contribution in [0.25, 0.3) is 22.2 Å². The second-order valence-electron chi connectivity index (χ2n) is 7.02. The highest BCUT2D eigenvalue weighted by atomic mass is 35.5. The molecular weight excluding hydrogens is 421 g/mol. The predicted octanol–water partition coefficient (Wildman–Crippen LogP) is 6.73. The molecule has 5 rings (SSSR count). The van der Waals surface area contributed by atoms with Crippen molar-refractivity contribution in [3.05, 3.63) is 87.9 Å². The van der Waals surface area contributed by atoms with Crippen LogP contribution in [0.5, 0.6) is 5.75 Å². The van der Waals surface area contributed by atoms with Crippen molar-refractivity contribution in [2.24, 2.45) is 0 Å². The smallest absolute Gasteiger partial charge is 0.338 e. The average Bonchev–Trinajstić information content (AvgIpc) is 3.11. The van der Waals surface area contributed by atoms with Crippen LogP contribution in [0.2, 0.25) is 10.0 Å². The van der Waals surface area contributed by atoms with Crippen molar-refractivity contribution < 1.29 is 14.3 Å². The molecule has 150 valence electrons. The number of halogens is 2. The fraction of sp³-hybridized carbons (Fsp3) is 0.125. The Hall–Kier alpha value is -2.95. The van der Waals surface area contributed by atoms with E-state index in [4.69, 9.17) is 32.7 Å². The Balaban J connectivity index is 1.78. The fourth-order valence-electron chi connectivity index (χ4n) is 3.96. The summed E-state index contributed by atoms with van der Waals surface area (Å²) in [7, 11) is 0. The van der Waals surface area contributed by atoms with E-state index in [0.717, 1.165) is 27.7 Å². The number of esters is 1. The summed E-state index contributed by atoms with van der Waals surface area (Å²) in [6.07, 6.45) is -0.565. The summed E-state index contributed by atoms with van der Waals surface area (Å²) in [4.78, 5) is 12.6. The monoisotopic (exact) mass is 437 g/mol. The molecule has 0 fully saturated rings. The number of hydrogen-bond acceptors (Lipinski definition) is 3. The zero-order valence-corrected chi connectivity index (χ0v) is 17.6. The van der Waals surface area contributed by atoms with Crippen LogP contribution in [0.4, 0.5) is 0 Å². The van der Waals surface area contributed by atoms with Crippen molar-refractivity contribution in [2.75, 3.05) is 6.61 Å². The van der Waals surface area contributed by atoms with Crippen LogP contribution in [-0.4, -0.2) is 17.1 Å². The molecule has 1 atom stereocenters. The molecular formula is C24H17Cl2NO3. The van der Waals surface area contributed by atoms with E-state index in [-0.39, 0.29) is 5.97 Å². The second-order valence-corrected chi connectivity index (χ2v) is 7.89. The molecule has 0 unspecified atom stereocenters. The Kier molecular flexibility index (Phi) is 4.69. The van der Waals surface area contributed by atoms with Crippen molar-refractivity contribution >= 4 is 40.1 Å². The molecule has 4 nitrogen and oxygen atoms in total. The molecule has 0 saturated carbocycles. The fourth-order valence-corrected chi connectivity index (χ4v) is 4.30. The van der Waals surface area contributed by atoms with Gasteiger partial charge in [0, 0.05) is 26.6 Å². The third-order valence-corrected chi connectivity index (χ3v) is 5.69. The lowest BCUT2D eigenvalue weighted by Crippen LogP contribution is -2.24. The van der Waals surface area contributed by atoms with Gasteiger partial charge in [-0.05, 0) is 55.5 Å². The first-order valence-electron chi connectivity index (χ1n) is 9.60. The first-order chi connectivity index (χ1) is 14.6. The van der Waals surface area contributed by atoms with Crippen molar-refractivity contribution in [3.63, 3.8) is 0 Å². The summed E-state index contributed by atoms with van der Waals surface area (Å²) in [5.41, 5.74) is 4.04. The summed E-state index contributed by atoms with van der Waals surface area (Å²) >= 11 is 12.5. The summed E-state index contributed by atoms with van der Waals surface area (Å²) in [5, 5.41) is 2.23. The number of rotatable bonds is 3. The van der Waals surface area contributed by atoms with Gasteiger partial charge in [-0.3, -0.25) is 0 Å². The van der Waals surface area contributed by atoms with E-state index in [0.29, 0.717) is 28.0 Å². The highest BCUT2D eigenvalue weighted by Crippen LogP contribution is 2.45. The standard InChI is InChI=1S/C24H17Cl2NO3/c1-2-29-24(28)18-6-4-3-5-17(18)23-27-20-10-8-15(25)11-14(20)12-21(27)19-9-7-16(26)13-22(19)30-23/h3-13,23H,2H2,1H3/t23-/m0/s1. The Bertz CT molecular complexity index is 1300. The van der Waals surface area contributed by atoms with E-state index in [1.807, 2.05) is 48.5 Å². The van der Waals surface area contributed by atoms with Crippen molar-refractivity contribution in [1.29, 1.82) is 0 Å². The molecule has 3 aromatic carbocycles. The van der Waals surface area contributed by atoms with Gasteiger partial charge < -0.3 is 14.0 Å². The van der Waals surface area contributed by atoms with Gasteiger partial charge in [-0.1, -0.05) is 41.4 Å². The zero-order chi connectivity index (χ0) is 20.8. The molecule has 30 heavy (non-hydrogen) atoms. The van der Waals surface area contributed by atoms with Crippen LogP contribution < -0.4 is 4.74 Å². The summed E-state index contributed by atoms with van der Waals surface area (Å²) in [6.45, 7) is 2.09. The van der Waals surface area contributed by atoms with Crippen LogP contribution in [-0.2, 0) is 4.74 Å². The molecule has 0 saturated heterocycles. The maximum Gasteiger partial charge on any atom is 0.338 e. The molecule has 1 aliphatic rings. The van der Waals surface area contributed by atoms with Crippen molar-refractivity contribution in [1.82, 2.24) is 4.57 Å². The van der Waals surface area contributed by atoms with Crippen molar-refractivity contribution in [2.45, 2.75) is 13.2 Å². The zero-order valence-electron chi connectivity index (χ0n) is 16.1. The summed E-state index contributed by atoms with van der Waals surface area (Å²) in [5.74, 6) is 0.280. The molecule has 0 N–H and O–H groups in total. The second kappa shape index (κ2) is 7.38. The van der Waals surface area contributed by atoms with E-state index < -0.39 is 6.23 Å². The van der Waals surface area contributed by atoms with E-state index in [9.17, 15) is 4.79 Å². The first-order valence-corrected chi connectivity index (χ1v) is 10.4. The van der Waals surface area contributed by atoms with E-state index in [2.05, 4.69) is 10.6 Å². The lowest BCUT2D eigenvalue weighted by atomic mass is 10.0. The normalized spacial score (nSPS) is 14.7. The number of nitrogens with zero attached hydrogens (tertiary/aromatic N) is 1. The van der Waals surface area contributed by atoms with E-state index in [1.165, 1.54) is 0 Å².